The minimum atomic E-state index is -0.621. The quantitative estimate of drug-likeness (QED) is 0.233. The number of amides is 3. The first-order valence-corrected chi connectivity index (χ1v) is 15.2. The van der Waals surface area contributed by atoms with Crippen LogP contribution >= 0.6 is 23.1 Å². The third-order valence-corrected chi connectivity index (χ3v) is 8.57. The van der Waals surface area contributed by atoms with E-state index in [1.54, 1.807) is 17.9 Å². The van der Waals surface area contributed by atoms with Crippen molar-refractivity contribution in [2.45, 2.75) is 62.8 Å². The van der Waals surface area contributed by atoms with Crippen molar-refractivity contribution in [3.63, 3.8) is 0 Å². The Morgan fingerprint density at radius 3 is 2.48 bits per heavy atom. The molecule has 0 spiro atoms. The SMILES string of the molecule is COC(=O)c1c(NC(=O)C(C)Sc2cccc(NC(=O)Cc3ccccc3)c2)sc2c1CCN(C(=O)OC(C)(C)C)C2. The fourth-order valence-corrected chi connectivity index (χ4v) is 6.58. The van der Waals surface area contributed by atoms with Crippen LogP contribution in [0, 0.1) is 0 Å². The summed E-state index contributed by atoms with van der Waals surface area (Å²) in [5.41, 5.74) is 2.05. The van der Waals surface area contributed by atoms with E-state index in [0.29, 0.717) is 29.2 Å². The van der Waals surface area contributed by atoms with Crippen LogP contribution in [0.5, 0.6) is 0 Å². The van der Waals surface area contributed by atoms with Crippen molar-refractivity contribution < 1.29 is 28.7 Å². The highest BCUT2D eigenvalue weighted by Crippen LogP contribution is 2.38. The van der Waals surface area contributed by atoms with Crippen LogP contribution in [0.25, 0.3) is 0 Å². The molecule has 222 valence electrons. The Balaban J connectivity index is 1.42. The van der Waals surface area contributed by atoms with Gasteiger partial charge < -0.3 is 25.0 Å². The molecule has 1 aliphatic rings. The maximum atomic E-state index is 13.3. The predicted molar refractivity (Wildman–Crippen MR) is 165 cm³/mol. The smallest absolute Gasteiger partial charge is 0.410 e. The molecule has 0 aliphatic carbocycles. The minimum absolute atomic E-state index is 0.128. The lowest BCUT2D eigenvalue weighted by atomic mass is 10.0. The summed E-state index contributed by atoms with van der Waals surface area (Å²) in [5, 5.41) is 5.71. The van der Waals surface area contributed by atoms with Gasteiger partial charge in [0.25, 0.3) is 0 Å². The van der Waals surface area contributed by atoms with Gasteiger partial charge in [-0.15, -0.1) is 23.1 Å². The number of thioether (sulfide) groups is 1. The zero-order chi connectivity index (χ0) is 30.4. The van der Waals surface area contributed by atoms with E-state index in [-0.39, 0.29) is 24.8 Å². The maximum absolute atomic E-state index is 13.3. The lowest BCUT2D eigenvalue weighted by Crippen LogP contribution is -2.39. The van der Waals surface area contributed by atoms with E-state index >= 15 is 0 Å². The van der Waals surface area contributed by atoms with E-state index < -0.39 is 22.9 Å². The highest BCUT2D eigenvalue weighted by molar-refractivity contribution is 8.00. The van der Waals surface area contributed by atoms with E-state index in [9.17, 15) is 19.2 Å². The number of methoxy groups -OCH3 is 1. The zero-order valence-corrected chi connectivity index (χ0v) is 25.9. The third-order valence-electron chi connectivity index (χ3n) is 6.34. The fourth-order valence-electron chi connectivity index (χ4n) is 4.40. The van der Waals surface area contributed by atoms with Gasteiger partial charge >= 0.3 is 12.1 Å². The number of fused-ring (bicyclic) bond motifs is 1. The molecule has 1 unspecified atom stereocenters. The molecule has 2 aromatic carbocycles. The van der Waals surface area contributed by atoms with Crippen LogP contribution in [0.1, 0.15) is 54.1 Å². The largest absolute Gasteiger partial charge is 0.465 e. The molecule has 2 N–H and O–H groups in total. The first kappa shape index (κ1) is 31.1. The molecule has 11 heteroatoms. The summed E-state index contributed by atoms with van der Waals surface area (Å²) in [6.07, 6.45) is 0.286. The summed E-state index contributed by atoms with van der Waals surface area (Å²) in [5.74, 6) is -0.949. The number of carbonyl (C=O) groups excluding carboxylic acids is 4. The Bertz CT molecular complexity index is 1470. The molecular weight excluding hydrogens is 574 g/mol. The van der Waals surface area contributed by atoms with Gasteiger partial charge in [0.2, 0.25) is 11.8 Å². The minimum Gasteiger partial charge on any atom is -0.465 e. The summed E-state index contributed by atoms with van der Waals surface area (Å²) in [4.78, 5) is 54.3. The predicted octanol–water partition coefficient (Wildman–Crippen LogP) is 6.13. The molecule has 0 radical (unpaired) electrons. The molecule has 1 aliphatic heterocycles. The average Bonchev–Trinajstić information content (AvgIpc) is 3.29. The van der Waals surface area contributed by atoms with Crippen LogP contribution in [-0.2, 0) is 38.4 Å². The molecule has 0 saturated carbocycles. The first-order chi connectivity index (χ1) is 19.9. The Kier molecular flexibility index (Phi) is 9.95. The van der Waals surface area contributed by atoms with Gasteiger partial charge in [-0.05, 0) is 63.4 Å². The summed E-state index contributed by atoms with van der Waals surface area (Å²) < 4.78 is 10.5. The van der Waals surface area contributed by atoms with Crippen molar-refractivity contribution in [2.75, 3.05) is 24.3 Å². The topological polar surface area (TPSA) is 114 Å². The third kappa shape index (κ3) is 8.13. The molecule has 3 aromatic rings. The Labute approximate surface area is 254 Å². The molecule has 42 heavy (non-hydrogen) atoms. The molecule has 0 fully saturated rings. The second-order valence-electron chi connectivity index (χ2n) is 10.8. The van der Waals surface area contributed by atoms with Crippen molar-refractivity contribution >= 4 is 57.7 Å². The highest BCUT2D eigenvalue weighted by Gasteiger charge is 2.33. The number of rotatable bonds is 8. The Hall–Kier alpha value is -3.83. The van der Waals surface area contributed by atoms with Gasteiger partial charge in [-0.25, -0.2) is 9.59 Å². The Morgan fingerprint density at radius 2 is 1.79 bits per heavy atom. The lowest BCUT2D eigenvalue weighted by Gasteiger charge is -2.30. The number of ether oxygens (including phenoxy) is 2. The van der Waals surface area contributed by atoms with Crippen LogP contribution < -0.4 is 10.6 Å². The van der Waals surface area contributed by atoms with Gasteiger partial charge in [0.05, 0.1) is 30.9 Å². The number of hydrogen-bond acceptors (Lipinski definition) is 8. The van der Waals surface area contributed by atoms with Gasteiger partial charge in [0.15, 0.2) is 0 Å². The van der Waals surface area contributed by atoms with E-state index in [4.69, 9.17) is 9.47 Å². The molecule has 3 amide bonds. The summed E-state index contributed by atoms with van der Waals surface area (Å²) in [6.45, 7) is 7.88. The second kappa shape index (κ2) is 13.4. The van der Waals surface area contributed by atoms with Crippen molar-refractivity contribution in [2.24, 2.45) is 0 Å². The van der Waals surface area contributed by atoms with Crippen LogP contribution in [0.2, 0.25) is 0 Å². The number of nitrogens with one attached hydrogen (secondary N) is 2. The average molecular weight is 610 g/mol. The van der Waals surface area contributed by atoms with E-state index in [0.717, 1.165) is 20.9 Å². The van der Waals surface area contributed by atoms with Crippen LogP contribution in [-0.4, -0.2) is 53.3 Å². The number of benzene rings is 2. The molecule has 9 nitrogen and oxygen atoms in total. The summed E-state index contributed by atoms with van der Waals surface area (Å²) in [6, 6.07) is 16.8. The number of nitrogens with zero attached hydrogens (tertiary/aromatic N) is 1. The van der Waals surface area contributed by atoms with Gasteiger partial charge in [0, 0.05) is 22.0 Å². The van der Waals surface area contributed by atoms with Crippen LogP contribution in [0.4, 0.5) is 15.5 Å². The monoisotopic (exact) mass is 609 g/mol. The van der Waals surface area contributed by atoms with Gasteiger partial charge in [-0.2, -0.15) is 0 Å². The molecule has 0 saturated heterocycles. The number of anilines is 2. The molecule has 4 rings (SSSR count). The summed E-state index contributed by atoms with van der Waals surface area (Å²) in [7, 11) is 1.30. The summed E-state index contributed by atoms with van der Waals surface area (Å²) >= 11 is 2.60. The normalized spacial score (nSPS) is 13.5. The first-order valence-electron chi connectivity index (χ1n) is 13.6. The Morgan fingerprint density at radius 1 is 1.05 bits per heavy atom. The van der Waals surface area contributed by atoms with E-state index in [1.165, 1.54) is 30.2 Å². The van der Waals surface area contributed by atoms with Crippen molar-refractivity contribution in [3.8, 4) is 0 Å². The van der Waals surface area contributed by atoms with Crippen molar-refractivity contribution in [1.29, 1.82) is 0 Å². The molecule has 0 bridgehead atoms. The molecule has 1 atom stereocenters. The lowest BCUT2D eigenvalue weighted by molar-refractivity contribution is -0.116. The number of thiophene rings is 1. The highest BCUT2D eigenvalue weighted by atomic mass is 32.2. The second-order valence-corrected chi connectivity index (χ2v) is 13.4. The van der Waals surface area contributed by atoms with Gasteiger partial charge in [-0.1, -0.05) is 36.4 Å². The zero-order valence-electron chi connectivity index (χ0n) is 24.3. The molecule has 2 heterocycles. The van der Waals surface area contributed by atoms with Crippen molar-refractivity contribution in [1.82, 2.24) is 4.90 Å². The number of hydrogen-bond donors (Lipinski definition) is 2. The molecule has 1 aromatic heterocycles. The van der Waals surface area contributed by atoms with Crippen molar-refractivity contribution in [3.05, 3.63) is 76.2 Å². The molecular formula is C31H35N3O6S2. The van der Waals surface area contributed by atoms with E-state index in [2.05, 4.69) is 10.6 Å². The maximum Gasteiger partial charge on any atom is 0.410 e. The van der Waals surface area contributed by atoms with Gasteiger partial charge in [-0.3, -0.25) is 9.59 Å². The number of carbonyl (C=O) groups is 4. The van der Waals surface area contributed by atoms with Crippen LogP contribution in [0.3, 0.4) is 0 Å². The van der Waals surface area contributed by atoms with E-state index in [1.807, 2.05) is 69.3 Å². The fraction of sp³-hybridized carbons (Fsp3) is 0.355. The number of esters is 1. The van der Waals surface area contributed by atoms with Gasteiger partial charge in [0.1, 0.15) is 10.6 Å². The standard InChI is InChI=1S/C31H35N3O6S2/c1-19(41-22-13-9-12-21(17-22)32-25(35)16-20-10-7-6-8-11-20)27(36)33-28-26(29(37)39-5)23-14-15-34(18-24(23)42-28)30(38)40-31(2,3)4/h6-13,17,19H,14-16,18H2,1-5H3,(H,32,35)(H,33,36). The van der Waals surface area contributed by atoms with Crippen LogP contribution in [0.15, 0.2) is 59.5 Å².